The fraction of sp³-hybridized carbons (Fsp3) is 0.294. The number of halogens is 3. The number of hydrogen-bond acceptors (Lipinski definition) is 1. The van der Waals surface area contributed by atoms with Gasteiger partial charge in [-0.1, -0.05) is 55.8 Å². The first-order valence-electron chi connectivity index (χ1n) is 6.90. The molecule has 4 heteroatoms. The van der Waals surface area contributed by atoms with Gasteiger partial charge in [-0.2, -0.15) is 13.2 Å². The number of alkyl halides is 3. The van der Waals surface area contributed by atoms with Gasteiger partial charge in [0.15, 0.2) is 0 Å². The molecule has 1 unspecified atom stereocenters. The molecule has 0 aliphatic heterocycles. The van der Waals surface area contributed by atoms with E-state index in [-0.39, 0.29) is 0 Å². The number of rotatable bonds is 4. The molecule has 0 radical (unpaired) electrons. The zero-order valence-electron chi connectivity index (χ0n) is 11.8. The molecule has 2 aromatic carbocycles. The van der Waals surface area contributed by atoms with Gasteiger partial charge in [-0.15, -0.1) is 0 Å². The molecule has 0 heterocycles. The largest absolute Gasteiger partial charge is 0.416 e. The predicted octanol–water partition coefficient (Wildman–Crippen LogP) is 4.71. The fourth-order valence-corrected chi connectivity index (χ4v) is 2.56. The summed E-state index contributed by atoms with van der Waals surface area (Å²) < 4.78 is 38.7. The molecule has 2 rings (SSSR count). The Kier molecular flexibility index (Phi) is 4.37. The van der Waals surface area contributed by atoms with Crippen LogP contribution in [0.2, 0.25) is 0 Å². The second-order valence-electron chi connectivity index (χ2n) is 5.17. The molecule has 2 aromatic rings. The average molecular weight is 293 g/mol. The van der Waals surface area contributed by atoms with Gasteiger partial charge in [0.25, 0.3) is 0 Å². The highest BCUT2D eigenvalue weighted by molar-refractivity contribution is 5.40. The second kappa shape index (κ2) is 5.90. The standard InChI is InChI=1S/C17H18F3N/c1-2-11-16(21,13-7-4-3-5-8-13)14-9-6-10-15(12-14)17(18,19)20/h3-10,12H,2,11,21H2,1H3. The van der Waals surface area contributed by atoms with E-state index in [0.717, 1.165) is 24.1 Å². The van der Waals surface area contributed by atoms with E-state index in [1.807, 2.05) is 37.3 Å². The van der Waals surface area contributed by atoms with Gasteiger partial charge in [-0.25, -0.2) is 0 Å². The van der Waals surface area contributed by atoms with Crippen LogP contribution in [0.5, 0.6) is 0 Å². The molecule has 2 N–H and O–H groups in total. The van der Waals surface area contributed by atoms with E-state index in [1.165, 1.54) is 6.07 Å². The Morgan fingerprint density at radius 2 is 1.43 bits per heavy atom. The lowest BCUT2D eigenvalue weighted by Gasteiger charge is -2.31. The predicted molar refractivity (Wildman–Crippen MR) is 77.8 cm³/mol. The highest BCUT2D eigenvalue weighted by Gasteiger charge is 2.34. The van der Waals surface area contributed by atoms with Crippen LogP contribution in [0, 0.1) is 0 Å². The minimum absolute atomic E-state index is 0.491. The van der Waals surface area contributed by atoms with Crippen LogP contribution in [0.15, 0.2) is 54.6 Å². The molecule has 0 aliphatic carbocycles. The molecule has 0 aliphatic rings. The summed E-state index contributed by atoms with van der Waals surface area (Å²) in [5.74, 6) is 0. The molecule has 0 aromatic heterocycles. The van der Waals surface area contributed by atoms with Crippen LogP contribution in [-0.2, 0) is 11.7 Å². The summed E-state index contributed by atoms with van der Waals surface area (Å²) in [6.07, 6.45) is -3.00. The van der Waals surface area contributed by atoms with Crippen molar-refractivity contribution < 1.29 is 13.2 Å². The molecule has 1 atom stereocenters. The lowest BCUT2D eigenvalue weighted by molar-refractivity contribution is -0.137. The number of benzene rings is 2. The van der Waals surface area contributed by atoms with E-state index in [0.29, 0.717) is 12.0 Å². The zero-order chi connectivity index (χ0) is 15.5. The SMILES string of the molecule is CCCC(N)(c1ccccc1)c1cccc(C(F)(F)F)c1. The third-order valence-electron chi connectivity index (χ3n) is 3.64. The van der Waals surface area contributed by atoms with Crippen molar-refractivity contribution in [2.75, 3.05) is 0 Å². The Labute approximate surface area is 122 Å². The van der Waals surface area contributed by atoms with Crippen molar-refractivity contribution in [2.45, 2.75) is 31.5 Å². The fourth-order valence-electron chi connectivity index (χ4n) is 2.56. The Morgan fingerprint density at radius 1 is 0.857 bits per heavy atom. The van der Waals surface area contributed by atoms with E-state index in [2.05, 4.69) is 0 Å². The van der Waals surface area contributed by atoms with E-state index >= 15 is 0 Å². The summed E-state index contributed by atoms with van der Waals surface area (Å²) in [5, 5.41) is 0. The monoisotopic (exact) mass is 293 g/mol. The van der Waals surface area contributed by atoms with E-state index < -0.39 is 17.3 Å². The second-order valence-corrected chi connectivity index (χ2v) is 5.17. The Balaban J connectivity index is 2.53. The van der Waals surface area contributed by atoms with Gasteiger partial charge in [-0.3, -0.25) is 0 Å². The van der Waals surface area contributed by atoms with E-state index in [9.17, 15) is 13.2 Å². The van der Waals surface area contributed by atoms with Crippen molar-refractivity contribution in [1.82, 2.24) is 0 Å². The normalized spacial score (nSPS) is 14.7. The first-order valence-corrected chi connectivity index (χ1v) is 6.90. The van der Waals surface area contributed by atoms with Gasteiger partial charge < -0.3 is 5.73 Å². The maximum atomic E-state index is 12.9. The molecule has 0 bridgehead atoms. The Morgan fingerprint density at radius 3 is 2.00 bits per heavy atom. The quantitative estimate of drug-likeness (QED) is 0.868. The summed E-state index contributed by atoms with van der Waals surface area (Å²) in [6, 6.07) is 14.6. The van der Waals surface area contributed by atoms with Crippen molar-refractivity contribution in [1.29, 1.82) is 0 Å². The molecule has 0 saturated carbocycles. The lowest BCUT2D eigenvalue weighted by atomic mass is 9.80. The first-order chi connectivity index (χ1) is 9.88. The maximum Gasteiger partial charge on any atom is 0.416 e. The molecule has 0 saturated heterocycles. The molecule has 1 nitrogen and oxygen atoms in total. The summed E-state index contributed by atoms with van der Waals surface area (Å²) in [5.41, 5.74) is 6.24. The van der Waals surface area contributed by atoms with Crippen molar-refractivity contribution >= 4 is 0 Å². The smallest absolute Gasteiger partial charge is 0.318 e. The van der Waals surface area contributed by atoms with Gasteiger partial charge in [0, 0.05) is 0 Å². The van der Waals surface area contributed by atoms with Crippen LogP contribution in [0.3, 0.4) is 0 Å². The molecule has 0 fully saturated rings. The topological polar surface area (TPSA) is 26.0 Å². The average Bonchev–Trinajstić information content (AvgIpc) is 2.47. The molecule has 21 heavy (non-hydrogen) atoms. The Hall–Kier alpha value is -1.81. The summed E-state index contributed by atoms with van der Waals surface area (Å²) >= 11 is 0. The molecular weight excluding hydrogens is 275 g/mol. The van der Waals surface area contributed by atoms with Crippen LogP contribution in [0.4, 0.5) is 13.2 Å². The van der Waals surface area contributed by atoms with Crippen molar-refractivity contribution in [3.63, 3.8) is 0 Å². The summed E-state index contributed by atoms with van der Waals surface area (Å²) in [7, 11) is 0. The van der Waals surface area contributed by atoms with Crippen LogP contribution >= 0.6 is 0 Å². The van der Waals surface area contributed by atoms with E-state index in [4.69, 9.17) is 5.73 Å². The van der Waals surface area contributed by atoms with Crippen LogP contribution < -0.4 is 5.73 Å². The minimum atomic E-state index is -4.36. The van der Waals surface area contributed by atoms with Crippen LogP contribution in [0.1, 0.15) is 36.5 Å². The first kappa shape index (κ1) is 15.6. The molecule has 112 valence electrons. The third kappa shape index (κ3) is 3.27. The minimum Gasteiger partial charge on any atom is -0.318 e. The lowest BCUT2D eigenvalue weighted by Crippen LogP contribution is -2.38. The summed E-state index contributed by atoms with van der Waals surface area (Å²) in [6.45, 7) is 1.97. The van der Waals surface area contributed by atoms with Gasteiger partial charge in [-0.05, 0) is 29.7 Å². The highest BCUT2D eigenvalue weighted by Crippen LogP contribution is 2.35. The highest BCUT2D eigenvalue weighted by atomic mass is 19.4. The molecular formula is C17H18F3N. The zero-order valence-corrected chi connectivity index (χ0v) is 11.8. The van der Waals surface area contributed by atoms with Gasteiger partial charge >= 0.3 is 6.18 Å². The van der Waals surface area contributed by atoms with Crippen LogP contribution in [-0.4, -0.2) is 0 Å². The van der Waals surface area contributed by atoms with Crippen molar-refractivity contribution in [2.24, 2.45) is 5.73 Å². The van der Waals surface area contributed by atoms with Gasteiger partial charge in [0.05, 0.1) is 11.1 Å². The number of nitrogens with two attached hydrogens (primary N) is 1. The molecule has 0 amide bonds. The Bertz CT molecular complexity index is 592. The van der Waals surface area contributed by atoms with Crippen molar-refractivity contribution in [3.8, 4) is 0 Å². The molecule has 0 spiro atoms. The summed E-state index contributed by atoms with van der Waals surface area (Å²) in [4.78, 5) is 0. The third-order valence-corrected chi connectivity index (χ3v) is 3.64. The van der Waals surface area contributed by atoms with Gasteiger partial charge in [0.2, 0.25) is 0 Å². The van der Waals surface area contributed by atoms with E-state index in [1.54, 1.807) is 6.07 Å². The van der Waals surface area contributed by atoms with Gasteiger partial charge in [0.1, 0.15) is 0 Å². The van der Waals surface area contributed by atoms with Crippen LogP contribution in [0.25, 0.3) is 0 Å². The van der Waals surface area contributed by atoms with Crippen molar-refractivity contribution in [3.05, 3.63) is 71.3 Å². The maximum absolute atomic E-state index is 12.9. The number of hydrogen-bond donors (Lipinski definition) is 1.